The molecule has 0 amide bonds. The van der Waals surface area contributed by atoms with E-state index >= 15 is 0 Å². The Balaban J connectivity index is 2.78. The number of hydrogen-bond acceptors (Lipinski definition) is 2. The van der Waals surface area contributed by atoms with E-state index in [4.69, 9.17) is 9.16 Å². The second-order valence-corrected chi connectivity index (χ2v) is 8.32. The van der Waals surface area contributed by atoms with Crippen molar-refractivity contribution in [3.63, 3.8) is 0 Å². The van der Waals surface area contributed by atoms with Gasteiger partial charge in [-0.25, -0.2) is 0 Å². The van der Waals surface area contributed by atoms with Crippen molar-refractivity contribution in [3.05, 3.63) is 24.3 Å². The monoisotopic (exact) mass is 196 g/mol. The summed E-state index contributed by atoms with van der Waals surface area (Å²) in [7, 11) is 0.171. The Labute approximate surface area is 80.6 Å². The summed E-state index contributed by atoms with van der Waals surface area (Å²) in [6, 6.07) is 7.73. The highest BCUT2D eigenvalue weighted by Gasteiger charge is 2.16. The summed E-state index contributed by atoms with van der Waals surface area (Å²) >= 11 is 0. The van der Waals surface area contributed by atoms with Crippen LogP contribution >= 0.6 is 0 Å². The molecule has 0 radical (unpaired) electrons. The topological polar surface area (TPSA) is 18.5 Å². The van der Waals surface area contributed by atoms with Gasteiger partial charge in [-0.15, -0.1) is 0 Å². The predicted octanol–water partition coefficient (Wildman–Crippen LogP) is 2.91. The Morgan fingerprint density at radius 3 is 2.23 bits per heavy atom. The maximum absolute atomic E-state index is 5.80. The summed E-state index contributed by atoms with van der Waals surface area (Å²) in [4.78, 5) is 0. The average Bonchev–Trinajstić information content (AvgIpc) is 2.01. The molecule has 0 atom stereocenters. The van der Waals surface area contributed by atoms with Gasteiger partial charge in [-0.1, -0.05) is 6.07 Å². The minimum absolute atomic E-state index is 0.843. The van der Waals surface area contributed by atoms with Crippen LogP contribution in [0.15, 0.2) is 24.3 Å². The van der Waals surface area contributed by atoms with Crippen molar-refractivity contribution in [3.8, 4) is 11.5 Å². The zero-order chi connectivity index (χ0) is 9.90. The van der Waals surface area contributed by atoms with E-state index in [-0.39, 0.29) is 0 Å². The standard InChI is InChI=1S/C10H16O2Si/c1-11-9-6-5-7-10(8-9)12-13(2,3)4/h5-8H,1-4H3. The normalized spacial score (nSPS) is 11.1. The molecule has 0 N–H and O–H groups in total. The van der Waals surface area contributed by atoms with Gasteiger partial charge >= 0.3 is 0 Å². The van der Waals surface area contributed by atoms with Gasteiger partial charge in [0.05, 0.1) is 7.11 Å². The van der Waals surface area contributed by atoms with E-state index in [0.29, 0.717) is 0 Å². The van der Waals surface area contributed by atoms with E-state index in [0.717, 1.165) is 11.5 Å². The van der Waals surface area contributed by atoms with Crippen LogP contribution in [0.4, 0.5) is 0 Å². The molecule has 0 unspecified atom stereocenters. The third kappa shape index (κ3) is 3.50. The SMILES string of the molecule is COc1cccc(O[Si](C)(C)C)c1. The van der Waals surface area contributed by atoms with Crippen LogP contribution in [0.25, 0.3) is 0 Å². The minimum atomic E-state index is -1.49. The molecule has 3 heteroatoms. The second-order valence-electron chi connectivity index (χ2n) is 3.89. The van der Waals surface area contributed by atoms with E-state index in [1.165, 1.54) is 0 Å². The van der Waals surface area contributed by atoms with Crippen molar-refractivity contribution < 1.29 is 9.16 Å². The van der Waals surface area contributed by atoms with E-state index in [1.807, 2.05) is 24.3 Å². The summed E-state index contributed by atoms with van der Waals surface area (Å²) in [5.74, 6) is 1.74. The third-order valence-corrected chi connectivity index (χ3v) is 2.31. The van der Waals surface area contributed by atoms with E-state index in [9.17, 15) is 0 Å². The lowest BCUT2D eigenvalue weighted by molar-refractivity contribution is 0.412. The first-order chi connectivity index (χ1) is 6.01. The van der Waals surface area contributed by atoms with Gasteiger partial charge in [0, 0.05) is 6.07 Å². The van der Waals surface area contributed by atoms with E-state index in [1.54, 1.807) is 7.11 Å². The highest BCUT2D eigenvalue weighted by molar-refractivity contribution is 6.70. The lowest BCUT2D eigenvalue weighted by Gasteiger charge is -2.19. The Morgan fingerprint density at radius 2 is 1.69 bits per heavy atom. The van der Waals surface area contributed by atoms with Crippen LogP contribution in [0.3, 0.4) is 0 Å². The molecule has 1 rings (SSSR count). The van der Waals surface area contributed by atoms with Crippen molar-refractivity contribution in [1.29, 1.82) is 0 Å². The Hall–Kier alpha value is -0.963. The van der Waals surface area contributed by atoms with Crippen LogP contribution < -0.4 is 9.16 Å². The van der Waals surface area contributed by atoms with Crippen molar-refractivity contribution in [1.82, 2.24) is 0 Å². The fourth-order valence-corrected chi connectivity index (χ4v) is 1.85. The highest BCUT2D eigenvalue weighted by Crippen LogP contribution is 2.21. The zero-order valence-corrected chi connectivity index (χ0v) is 9.63. The molecule has 0 bridgehead atoms. The molecule has 0 aliphatic rings. The Morgan fingerprint density at radius 1 is 1.08 bits per heavy atom. The van der Waals surface area contributed by atoms with Crippen LogP contribution in [0.1, 0.15) is 0 Å². The average molecular weight is 196 g/mol. The molecule has 0 aliphatic heterocycles. The van der Waals surface area contributed by atoms with E-state index < -0.39 is 8.32 Å². The van der Waals surface area contributed by atoms with Gasteiger partial charge in [0.25, 0.3) is 0 Å². The quantitative estimate of drug-likeness (QED) is 0.692. The van der Waals surface area contributed by atoms with Crippen LogP contribution in [0, 0.1) is 0 Å². The fourth-order valence-electron chi connectivity index (χ4n) is 1.02. The molecule has 0 heterocycles. The molecule has 0 aromatic heterocycles. The fraction of sp³-hybridized carbons (Fsp3) is 0.400. The third-order valence-electron chi connectivity index (χ3n) is 1.47. The smallest absolute Gasteiger partial charge is 0.242 e. The summed E-state index contributed by atoms with van der Waals surface area (Å²) in [5, 5.41) is 0. The summed E-state index contributed by atoms with van der Waals surface area (Å²) in [6.07, 6.45) is 0. The molecular weight excluding hydrogens is 180 g/mol. The Bertz CT molecular complexity index is 278. The van der Waals surface area contributed by atoms with Gasteiger partial charge in [-0.3, -0.25) is 0 Å². The summed E-state index contributed by atoms with van der Waals surface area (Å²) in [5.41, 5.74) is 0. The lowest BCUT2D eigenvalue weighted by Crippen LogP contribution is -2.29. The van der Waals surface area contributed by atoms with Crippen LogP contribution in [0.5, 0.6) is 11.5 Å². The minimum Gasteiger partial charge on any atom is -0.544 e. The van der Waals surface area contributed by atoms with Crippen molar-refractivity contribution in [2.45, 2.75) is 19.6 Å². The maximum Gasteiger partial charge on any atom is 0.242 e. The van der Waals surface area contributed by atoms with Crippen LogP contribution in [-0.4, -0.2) is 15.4 Å². The molecular formula is C10H16O2Si. The van der Waals surface area contributed by atoms with Gasteiger partial charge in [-0.05, 0) is 31.8 Å². The largest absolute Gasteiger partial charge is 0.544 e. The number of ether oxygens (including phenoxy) is 1. The summed E-state index contributed by atoms with van der Waals surface area (Å²) in [6.45, 7) is 6.48. The molecule has 0 saturated carbocycles. The molecule has 72 valence electrons. The Kier molecular flexibility index (Phi) is 2.98. The van der Waals surface area contributed by atoms with Gasteiger partial charge < -0.3 is 9.16 Å². The zero-order valence-electron chi connectivity index (χ0n) is 8.63. The number of rotatable bonds is 3. The molecule has 0 aliphatic carbocycles. The molecule has 0 spiro atoms. The van der Waals surface area contributed by atoms with Crippen molar-refractivity contribution in [2.24, 2.45) is 0 Å². The first kappa shape index (κ1) is 10.1. The first-order valence-electron chi connectivity index (χ1n) is 4.34. The van der Waals surface area contributed by atoms with Crippen LogP contribution in [0.2, 0.25) is 19.6 Å². The van der Waals surface area contributed by atoms with Gasteiger partial charge in [-0.2, -0.15) is 0 Å². The van der Waals surface area contributed by atoms with Gasteiger partial charge in [0.1, 0.15) is 11.5 Å². The predicted molar refractivity (Wildman–Crippen MR) is 57.0 cm³/mol. The first-order valence-corrected chi connectivity index (χ1v) is 7.75. The van der Waals surface area contributed by atoms with Crippen molar-refractivity contribution >= 4 is 8.32 Å². The van der Waals surface area contributed by atoms with Gasteiger partial charge in [0.15, 0.2) is 0 Å². The molecule has 13 heavy (non-hydrogen) atoms. The summed E-state index contributed by atoms with van der Waals surface area (Å²) < 4.78 is 10.9. The molecule has 1 aromatic rings. The number of hydrogen-bond donors (Lipinski definition) is 0. The maximum atomic E-state index is 5.80. The molecule has 2 nitrogen and oxygen atoms in total. The van der Waals surface area contributed by atoms with Gasteiger partial charge in [0.2, 0.25) is 8.32 Å². The number of methoxy groups -OCH3 is 1. The number of benzene rings is 1. The molecule has 1 aromatic carbocycles. The molecule has 0 fully saturated rings. The highest BCUT2D eigenvalue weighted by atomic mass is 28.4. The van der Waals surface area contributed by atoms with E-state index in [2.05, 4.69) is 19.6 Å². The van der Waals surface area contributed by atoms with Crippen LogP contribution in [-0.2, 0) is 0 Å². The molecule has 0 saturated heterocycles. The lowest BCUT2D eigenvalue weighted by atomic mass is 10.3. The van der Waals surface area contributed by atoms with Crippen molar-refractivity contribution in [2.75, 3.05) is 7.11 Å². The second kappa shape index (κ2) is 3.83.